The van der Waals surface area contributed by atoms with Gasteiger partial charge in [-0.1, -0.05) is 30.3 Å². The Morgan fingerprint density at radius 1 is 1.41 bits per heavy atom. The number of rotatable bonds is 4. The number of fused-ring (bicyclic) bond motifs is 1. The predicted molar refractivity (Wildman–Crippen MR) is 86.2 cm³/mol. The highest BCUT2D eigenvalue weighted by atomic mass is 16.5. The lowest BCUT2D eigenvalue weighted by Gasteiger charge is -2.22. The molecule has 1 N–H and O–H groups in total. The molecule has 2 heterocycles. The van der Waals surface area contributed by atoms with Gasteiger partial charge in [0.2, 0.25) is 5.89 Å². The number of aromatic nitrogens is 2. The van der Waals surface area contributed by atoms with Crippen molar-refractivity contribution in [1.29, 1.82) is 0 Å². The molecule has 2 aromatic rings. The van der Waals surface area contributed by atoms with Gasteiger partial charge in [0.15, 0.2) is 11.8 Å². The van der Waals surface area contributed by atoms with E-state index in [9.17, 15) is 0 Å². The fourth-order valence-electron chi connectivity index (χ4n) is 2.67. The number of hydrogen-bond donors (Lipinski definition) is 1. The number of nitrogens with zero attached hydrogens (tertiary/aromatic N) is 4. The lowest BCUT2D eigenvalue weighted by atomic mass is 10.2. The maximum Gasteiger partial charge on any atom is 0.226 e. The monoisotopic (exact) mass is 299 g/mol. The summed E-state index contributed by atoms with van der Waals surface area (Å²) >= 11 is 0. The molecule has 116 valence electrons. The molecule has 0 amide bonds. The zero-order valence-electron chi connectivity index (χ0n) is 13.0. The second kappa shape index (κ2) is 6.60. The SMILES string of the molecule is CCc1nc(CCNC(=NC)N2CCc3ccccc32)no1. The van der Waals surface area contributed by atoms with Crippen LogP contribution in [0, 0.1) is 0 Å². The Kier molecular flexibility index (Phi) is 4.37. The molecule has 22 heavy (non-hydrogen) atoms. The molecule has 1 aromatic carbocycles. The van der Waals surface area contributed by atoms with Crippen LogP contribution in [-0.4, -0.2) is 36.2 Å². The molecule has 0 saturated heterocycles. The van der Waals surface area contributed by atoms with Gasteiger partial charge in [-0.3, -0.25) is 4.99 Å². The Morgan fingerprint density at radius 2 is 2.27 bits per heavy atom. The van der Waals surface area contributed by atoms with E-state index in [0.717, 1.165) is 44.1 Å². The van der Waals surface area contributed by atoms with E-state index in [1.54, 1.807) is 0 Å². The zero-order valence-corrected chi connectivity index (χ0v) is 13.0. The van der Waals surface area contributed by atoms with Crippen molar-refractivity contribution < 1.29 is 4.52 Å². The number of anilines is 1. The van der Waals surface area contributed by atoms with Crippen LogP contribution in [0.5, 0.6) is 0 Å². The zero-order chi connectivity index (χ0) is 15.4. The van der Waals surface area contributed by atoms with Gasteiger partial charge in [0.05, 0.1) is 0 Å². The average Bonchev–Trinajstić information content (AvgIpc) is 3.18. The van der Waals surface area contributed by atoms with E-state index in [0.29, 0.717) is 5.89 Å². The number of guanidine groups is 1. The van der Waals surface area contributed by atoms with Crippen LogP contribution < -0.4 is 10.2 Å². The number of hydrogen-bond acceptors (Lipinski definition) is 4. The van der Waals surface area contributed by atoms with Crippen LogP contribution in [0.4, 0.5) is 5.69 Å². The molecular weight excluding hydrogens is 278 g/mol. The highest BCUT2D eigenvalue weighted by molar-refractivity contribution is 5.97. The number of para-hydroxylation sites is 1. The van der Waals surface area contributed by atoms with E-state index in [2.05, 4.69) is 49.6 Å². The number of benzene rings is 1. The summed E-state index contributed by atoms with van der Waals surface area (Å²) in [6.45, 7) is 3.69. The Labute approximate surface area is 130 Å². The average molecular weight is 299 g/mol. The summed E-state index contributed by atoms with van der Waals surface area (Å²) in [5.41, 5.74) is 2.61. The van der Waals surface area contributed by atoms with E-state index >= 15 is 0 Å². The third-order valence-corrected chi connectivity index (χ3v) is 3.80. The third-order valence-electron chi connectivity index (χ3n) is 3.80. The Hall–Kier alpha value is -2.37. The van der Waals surface area contributed by atoms with Crippen molar-refractivity contribution in [2.45, 2.75) is 26.2 Å². The highest BCUT2D eigenvalue weighted by Crippen LogP contribution is 2.27. The van der Waals surface area contributed by atoms with Gasteiger partial charge in [-0.2, -0.15) is 4.98 Å². The van der Waals surface area contributed by atoms with E-state index < -0.39 is 0 Å². The first-order chi connectivity index (χ1) is 10.8. The molecule has 6 heteroatoms. The van der Waals surface area contributed by atoms with Gasteiger partial charge < -0.3 is 14.7 Å². The number of aliphatic imine (C=N–C) groups is 1. The second-order valence-electron chi connectivity index (χ2n) is 5.21. The largest absolute Gasteiger partial charge is 0.355 e. The summed E-state index contributed by atoms with van der Waals surface area (Å²) in [5.74, 6) is 2.32. The molecule has 0 radical (unpaired) electrons. The van der Waals surface area contributed by atoms with Crippen molar-refractivity contribution in [1.82, 2.24) is 15.5 Å². The molecule has 1 aromatic heterocycles. The molecule has 6 nitrogen and oxygen atoms in total. The maximum absolute atomic E-state index is 5.11. The summed E-state index contributed by atoms with van der Waals surface area (Å²) in [5, 5.41) is 7.35. The maximum atomic E-state index is 5.11. The molecule has 0 aliphatic carbocycles. The van der Waals surface area contributed by atoms with Gasteiger partial charge in [-0.25, -0.2) is 0 Å². The van der Waals surface area contributed by atoms with Gasteiger partial charge in [0, 0.05) is 38.7 Å². The number of nitrogens with one attached hydrogen (secondary N) is 1. The molecule has 0 fully saturated rings. The van der Waals surface area contributed by atoms with Crippen molar-refractivity contribution in [3.8, 4) is 0 Å². The highest BCUT2D eigenvalue weighted by Gasteiger charge is 2.22. The Balaban J connectivity index is 1.59. The second-order valence-corrected chi connectivity index (χ2v) is 5.21. The van der Waals surface area contributed by atoms with Crippen LogP contribution in [0.25, 0.3) is 0 Å². The Morgan fingerprint density at radius 3 is 3.05 bits per heavy atom. The van der Waals surface area contributed by atoms with Gasteiger partial charge in [-0.05, 0) is 18.1 Å². The van der Waals surface area contributed by atoms with E-state index in [4.69, 9.17) is 4.52 Å². The minimum absolute atomic E-state index is 0.688. The molecule has 1 aliphatic heterocycles. The summed E-state index contributed by atoms with van der Waals surface area (Å²) in [6, 6.07) is 8.46. The Bertz CT molecular complexity index is 664. The topological polar surface area (TPSA) is 66.6 Å². The molecule has 0 saturated carbocycles. The first-order valence-corrected chi connectivity index (χ1v) is 7.69. The van der Waals surface area contributed by atoms with Crippen LogP contribution in [0.2, 0.25) is 0 Å². The van der Waals surface area contributed by atoms with Crippen molar-refractivity contribution in [2.24, 2.45) is 4.99 Å². The molecule has 0 unspecified atom stereocenters. The van der Waals surface area contributed by atoms with Crippen LogP contribution in [0.1, 0.15) is 24.2 Å². The fourth-order valence-corrected chi connectivity index (χ4v) is 2.67. The fraction of sp³-hybridized carbons (Fsp3) is 0.438. The van der Waals surface area contributed by atoms with Gasteiger partial charge in [0.25, 0.3) is 0 Å². The third kappa shape index (κ3) is 2.95. The summed E-state index contributed by atoms with van der Waals surface area (Å²) in [4.78, 5) is 10.9. The quantitative estimate of drug-likeness (QED) is 0.689. The van der Waals surface area contributed by atoms with E-state index in [1.807, 2.05) is 14.0 Å². The van der Waals surface area contributed by atoms with Crippen LogP contribution in [0.3, 0.4) is 0 Å². The lowest BCUT2D eigenvalue weighted by Crippen LogP contribution is -2.41. The van der Waals surface area contributed by atoms with Crippen LogP contribution in [0.15, 0.2) is 33.8 Å². The van der Waals surface area contributed by atoms with Crippen molar-refractivity contribution in [3.05, 3.63) is 41.5 Å². The summed E-state index contributed by atoms with van der Waals surface area (Å²) in [6.07, 6.45) is 2.55. The van der Waals surface area contributed by atoms with Crippen molar-refractivity contribution in [2.75, 3.05) is 25.0 Å². The van der Waals surface area contributed by atoms with Gasteiger partial charge in [0.1, 0.15) is 0 Å². The molecule has 0 bridgehead atoms. The minimum Gasteiger partial charge on any atom is -0.355 e. The minimum atomic E-state index is 0.688. The number of aryl methyl sites for hydroxylation is 1. The van der Waals surface area contributed by atoms with Crippen LogP contribution >= 0.6 is 0 Å². The molecule has 3 rings (SSSR count). The molecule has 0 atom stereocenters. The summed E-state index contributed by atoms with van der Waals surface area (Å²) in [7, 11) is 1.81. The smallest absolute Gasteiger partial charge is 0.226 e. The van der Waals surface area contributed by atoms with Crippen LogP contribution in [-0.2, 0) is 19.3 Å². The first kappa shape index (κ1) is 14.6. The lowest BCUT2D eigenvalue weighted by molar-refractivity contribution is 0.376. The first-order valence-electron chi connectivity index (χ1n) is 7.69. The standard InChI is InChI=1S/C16H21N5O/c1-3-15-19-14(20-22-15)8-10-18-16(17-2)21-11-9-12-6-4-5-7-13(12)21/h4-7H,3,8-11H2,1-2H3,(H,17,18). The molecule has 1 aliphatic rings. The normalized spacial score (nSPS) is 14.3. The van der Waals surface area contributed by atoms with Crippen molar-refractivity contribution >= 4 is 11.6 Å². The van der Waals surface area contributed by atoms with Gasteiger partial charge in [-0.15, -0.1) is 0 Å². The van der Waals surface area contributed by atoms with E-state index in [1.165, 1.54) is 11.3 Å². The van der Waals surface area contributed by atoms with E-state index in [-0.39, 0.29) is 0 Å². The molecule has 0 spiro atoms. The predicted octanol–water partition coefficient (Wildman–Crippen LogP) is 1.81. The van der Waals surface area contributed by atoms with Gasteiger partial charge >= 0.3 is 0 Å². The summed E-state index contributed by atoms with van der Waals surface area (Å²) < 4.78 is 5.11. The molecular formula is C16H21N5O. The van der Waals surface area contributed by atoms with Crippen molar-refractivity contribution in [3.63, 3.8) is 0 Å².